The van der Waals surface area contributed by atoms with Crippen LogP contribution in [0.25, 0.3) is 0 Å². The molecule has 110 valence electrons. The fourth-order valence-corrected chi connectivity index (χ4v) is 2.57. The molecule has 0 atom stereocenters. The van der Waals surface area contributed by atoms with Crippen molar-refractivity contribution in [3.8, 4) is 11.8 Å². The van der Waals surface area contributed by atoms with Crippen LogP contribution in [0.5, 0.6) is 0 Å². The van der Waals surface area contributed by atoms with E-state index >= 15 is 0 Å². The van der Waals surface area contributed by atoms with Crippen molar-refractivity contribution < 1.29 is 4.79 Å². The Morgan fingerprint density at radius 2 is 1.09 bits per heavy atom. The van der Waals surface area contributed by atoms with Gasteiger partial charge in [-0.15, -0.1) is 0 Å². The first-order valence-electron chi connectivity index (χ1n) is 7.51. The lowest BCUT2D eigenvalue weighted by molar-refractivity contribution is -0.109. The Bertz CT molecular complexity index is 785. The molecule has 0 N–H and O–H groups in total. The standard InChI is InChI=1S/C22H16O/c23-18-22(20-12-6-2-7-13-20,21-14-8-3-9-15-21)17-16-19-10-4-1-5-11-19/h1-15,18H. The molecule has 0 aliphatic heterocycles. The van der Waals surface area contributed by atoms with Crippen LogP contribution in [0.2, 0.25) is 0 Å². The van der Waals surface area contributed by atoms with Crippen LogP contribution in [0.1, 0.15) is 16.7 Å². The molecule has 0 amide bonds. The van der Waals surface area contributed by atoms with Gasteiger partial charge in [0.25, 0.3) is 0 Å². The van der Waals surface area contributed by atoms with Gasteiger partial charge < -0.3 is 4.79 Å². The summed E-state index contributed by atoms with van der Waals surface area (Å²) in [6, 6.07) is 29.1. The Morgan fingerprint density at radius 1 is 0.652 bits per heavy atom. The van der Waals surface area contributed by atoms with Gasteiger partial charge in [-0.25, -0.2) is 0 Å². The molecule has 0 bridgehead atoms. The lowest BCUT2D eigenvalue weighted by Gasteiger charge is -2.23. The van der Waals surface area contributed by atoms with Crippen LogP contribution in [0.3, 0.4) is 0 Å². The van der Waals surface area contributed by atoms with Gasteiger partial charge in [0.2, 0.25) is 0 Å². The van der Waals surface area contributed by atoms with E-state index in [0.717, 1.165) is 23.0 Å². The number of hydrogen-bond acceptors (Lipinski definition) is 1. The van der Waals surface area contributed by atoms with Crippen LogP contribution in [0.4, 0.5) is 0 Å². The normalized spacial score (nSPS) is 10.4. The van der Waals surface area contributed by atoms with Crippen LogP contribution in [-0.2, 0) is 10.2 Å². The zero-order valence-corrected chi connectivity index (χ0v) is 12.6. The van der Waals surface area contributed by atoms with Crippen molar-refractivity contribution in [3.05, 3.63) is 108 Å². The molecule has 0 fully saturated rings. The largest absolute Gasteiger partial charge is 0.301 e. The third-order valence-corrected chi connectivity index (χ3v) is 3.81. The van der Waals surface area contributed by atoms with Crippen LogP contribution < -0.4 is 0 Å². The van der Waals surface area contributed by atoms with Crippen molar-refractivity contribution in [1.29, 1.82) is 0 Å². The molecule has 1 nitrogen and oxygen atoms in total. The molecule has 0 unspecified atom stereocenters. The Balaban J connectivity index is 2.18. The first-order chi connectivity index (χ1) is 11.3. The van der Waals surface area contributed by atoms with Crippen LogP contribution in [-0.4, -0.2) is 6.29 Å². The molecule has 0 heterocycles. The van der Waals surface area contributed by atoms with Crippen LogP contribution >= 0.6 is 0 Å². The molecule has 0 aromatic heterocycles. The third-order valence-electron chi connectivity index (χ3n) is 3.81. The maximum Gasteiger partial charge on any atom is 0.147 e. The molecule has 1 heteroatoms. The highest BCUT2D eigenvalue weighted by Crippen LogP contribution is 2.29. The highest BCUT2D eigenvalue weighted by Gasteiger charge is 2.32. The summed E-state index contributed by atoms with van der Waals surface area (Å²) in [7, 11) is 0. The number of rotatable bonds is 3. The predicted octanol–water partition coefficient (Wildman–Crippen LogP) is 4.22. The summed E-state index contributed by atoms with van der Waals surface area (Å²) < 4.78 is 0. The van der Waals surface area contributed by atoms with Gasteiger partial charge >= 0.3 is 0 Å². The minimum Gasteiger partial charge on any atom is -0.301 e. The van der Waals surface area contributed by atoms with Crippen molar-refractivity contribution >= 4 is 6.29 Å². The average Bonchev–Trinajstić information content (AvgIpc) is 2.65. The second kappa shape index (κ2) is 6.77. The number of hydrogen-bond donors (Lipinski definition) is 0. The van der Waals surface area contributed by atoms with E-state index in [9.17, 15) is 4.79 Å². The fraction of sp³-hybridized carbons (Fsp3) is 0.0455. The van der Waals surface area contributed by atoms with Crippen molar-refractivity contribution in [2.75, 3.05) is 0 Å². The van der Waals surface area contributed by atoms with E-state index in [4.69, 9.17) is 0 Å². The molecule has 3 aromatic rings. The van der Waals surface area contributed by atoms with Gasteiger partial charge in [0.05, 0.1) is 0 Å². The zero-order valence-electron chi connectivity index (χ0n) is 12.6. The van der Waals surface area contributed by atoms with Gasteiger partial charge in [0.1, 0.15) is 11.7 Å². The van der Waals surface area contributed by atoms with Crippen molar-refractivity contribution in [1.82, 2.24) is 0 Å². The Morgan fingerprint density at radius 3 is 1.52 bits per heavy atom. The monoisotopic (exact) mass is 296 g/mol. The van der Waals surface area contributed by atoms with Crippen LogP contribution in [0.15, 0.2) is 91.0 Å². The Hall–Kier alpha value is -3.11. The molecule has 0 spiro atoms. The summed E-state index contributed by atoms with van der Waals surface area (Å²) in [5, 5.41) is 0. The highest BCUT2D eigenvalue weighted by atomic mass is 16.1. The lowest BCUT2D eigenvalue weighted by atomic mass is 9.76. The lowest BCUT2D eigenvalue weighted by Crippen LogP contribution is -2.27. The molecular formula is C22H16O. The first-order valence-corrected chi connectivity index (χ1v) is 7.51. The Labute approximate surface area is 136 Å². The minimum atomic E-state index is -0.960. The first kappa shape index (κ1) is 14.8. The molecule has 23 heavy (non-hydrogen) atoms. The summed E-state index contributed by atoms with van der Waals surface area (Å²) in [4.78, 5) is 12.1. The van der Waals surface area contributed by atoms with E-state index in [1.807, 2.05) is 91.0 Å². The molecule has 0 saturated carbocycles. The maximum absolute atomic E-state index is 12.1. The van der Waals surface area contributed by atoms with E-state index in [0.29, 0.717) is 0 Å². The summed E-state index contributed by atoms with van der Waals surface area (Å²) in [5.74, 6) is 6.37. The summed E-state index contributed by atoms with van der Waals surface area (Å²) in [6.45, 7) is 0. The van der Waals surface area contributed by atoms with Gasteiger partial charge in [-0.3, -0.25) is 0 Å². The van der Waals surface area contributed by atoms with E-state index in [1.54, 1.807) is 0 Å². The fourth-order valence-electron chi connectivity index (χ4n) is 2.57. The molecule has 0 radical (unpaired) electrons. The van der Waals surface area contributed by atoms with Gasteiger partial charge in [0, 0.05) is 5.56 Å². The van der Waals surface area contributed by atoms with E-state index in [1.165, 1.54) is 0 Å². The van der Waals surface area contributed by atoms with Gasteiger partial charge in [-0.1, -0.05) is 90.7 Å². The quantitative estimate of drug-likeness (QED) is 0.522. The summed E-state index contributed by atoms with van der Waals surface area (Å²) >= 11 is 0. The molecule has 0 aliphatic carbocycles. The van der Waals surface area contributed by atoms with Crippen molar-refractivity contribution in [3.63, 3.8) is 0 Å². The molecule has 3 aromatic carbocycles. The number of aldehydes is 1. The topological polar surface area (TPSA) is 17.1 Å². The molecule has 0 aliphatic rings. The second-order valence-corrected chi connectivity index (χ2v) is 5.27. The average molecular weight is 296 g/mol. The zero-order chi connectivity index (χ0) is 16.0. The van der Waals surface area contributed by atoms with E-state index in [-0.39, 0.29) is 0 Å². The molecule has 3 rings (SSSR count). The maximum atomic E-state index is 12.1. The Kier molecular flexibility index (Phi) is 4.36. The van der Waals surface area contributed by atoms with E-state index < -0.39 is 5.41 Å². The third kappa shape index (κ3) is 3.07. The number of carbonyl (C=O) groups excluding carboxylic acids is 1. The highest BCUT2D eigenvalue weighted by molar-refractivity contribution is 5.81. The van der Waals surface area contributed by atoms with E-state index in [2.05, 4.69) is 11.8 Å². The SMILES string of the molecule is O=CC(C#Cc1ccccc1)(c1ccccc1)c1ccccc1. The van der Waals surface area contributed by atoms with Crippen molar-refractivity contribution in [2.45, 2.75) is 5.41 Å². The van der Waals surface area contributed by atoms with Gasteiger partial charge in [-0.2, -0.15) is 0 Å². The second-order valence-electron chi connectivity index (χ2n) is 5.27. The molecule has 0 saturated heterocycles. The molecular weight excluding hydrogens is 280 g/mol. The predicted molar refractivity (Wildman–Crippen MR) is 93.0 cm³/mol. The summed E-state index contributed by atoms with van der Waals surface area (Å²) in [6.07, 6.45) is 0.938. The summed E-state index contributed by atoms with van der Waals surface area (Å²) in [5.41, 5.74) is 1.69. The number of carbonyl (C=O) groups is 1. The van der Waals surface area contributed by atoms with Gasteiger partial charge in [0.15, 0.2) is 0 Å². The number of benzene rings is 3. The van der Waals surface area contributed by atoms with Gasteiger partial charge in [-0.05, 0) is 23.3 Å². The van der Waals surface area contributed by atoms with Crippen molar-refractivity contribution in [2.24, 2.45) is 0 Å². The smallest absolute Gasteiger partial charge is 0.147 e. The minimum absolute atomic E-state index is 0.879. The van der Waals surface area contributed by atoms with Crippen LogP contribution in [0, 0.1) is 11.8 Å².